The molecule has 0 aliphatic rings. The van der Waals surface area contributed by atoms with E-state index in [9.17, 15) is 18.0 Å². The third kappa shape index (κ3) is 7.47. The summed E-state index contributed by atoms with van der Waals surface area (Å²) in [7, 11) is -2.01. The Morgan fingerprint density at radius 2 is 1.82 bits per heavy atom. The van der Waals surface area contributed by atoms with E-state index < -0.39 is 16.1 Å². The highest BCUT2D eigenvalue weighted by Gasteiger charge is 2.26. The fourth-order valence-electron chi connectivity index (χ4n) is 3.59. The lowest BCUT2D eigenvalue weighted by atomic mass is 10.1. The lowest BCUT2D eigenvalue weighted by Gasteiger charge is -2.29. The fourth-order valence-corrected chi connectivity index (χ4v) is 4.82. The van der Waals surface area contributed by atoms with Crippen molar-refractivity contribution >= 4 is 39.1 Å². The molecule has 0 aliphatic heterocycles. The zero-order valence-corrected chi connectivity index (χ0v) is 21.3. The van der Waals surface area contributed by atoms with E-state index in [0.29, 0.717) is 17.1 Å². The van der Waals surface area contributed by atoms with Gasteiger partial charge in [0.1, 0.15) is 6.04 Å². The van der Waals surface area contributed by atoms with Gasteiger partial charge in [-0.2, -0.15) is 0 Å². The van der Waals surface area contributed by atoms with Crippen LogP contribution < -0.4 is 9.62 Å². The van der Waals surface area contributed by atoms with E-state index in [1.807, 2.05) is 38.1 Å². The molecule has 0 spiro atoms. The molecule has 1 atom stereocenters. The molecule has 2 aromatic carbocycles. The second kappa shape index (κ2) is 11.5. The fraction of sp³-hybridized carbons (Fsp3) is 0.417. The van der Waals surface area contributed by atoms with E-state index in [2.05, 4.69) is 5.32 Å². The van der Waals surface area contributed by atoms with Gasteiger partial charge in [0.2, 0.25) is 21.8 Å². The third-order valence-corrected chi connectivity index (χ3v) is 6.86. The Morgan fingerprint density at radius 3 is 2.42 bits per heavy atom. The summed E-state index contributed by atoms with van der Waals surface area (Å²) in [6.07, 6.45) is 1.57. The van der Waals surface area contributed by atoms with Crippen molar-refractivity contribution in [2.45, 2.75) is 46.2 Å². The standard InChI is InChI=1S/C24H32ClN3O4S/c1-17-11-12-18(2)22(14-17)28(33(5,31)32)13-7-10-23(29)27(19(3)24(30)26-4)16-20-8-6-9-21(25)15-20/h6,8-9,11-12,14-15,19H,7,10,13,16H2,1-5H3,(H,26,30)/t19-/m1/s1. The molecular formula is C24H32ClN3O4S. The summed E-state index contributed by atoms with van der Waals surface area (Å²) in [4.78, 5) is 26.9. The van der Waals surface area contributed by atoms with Gasteiger partial charge in [-0.05, 0) is 62.1 Å². The van der Waals surface area contributed by atoms with Gasteiger partial charge in [0.25, 0.3) is 0 Å². The van der Waals surface area contributed by atoms with Crippen LogP contribution in [0.3, 0.4) is 0 Å². The van der Waals surface area contributed by atoms with Crippen LogP contribution in [0.1, 0.15) is 36.5 Å². The molecule has 0 aliphatic carbocycles. The lowest BCUT2D eigenvalue weighted by molar-refractivity contribution is -0.140. The SMILES string of the molecule is CNC(=O)[C@@H](C)N(Cc1cccc(Cl)c1)C(=O)CCCN(c1cc(C)ccc1C)S(C)(=O)=O. The van der Waals surface area contributed by atoms with E-state index in [1.54, 1.807) is 25.1 Å². The molecule has 0 saturated carbocycles. The average Bonchev–Trinajstić information content (AvgIpc) is 2.75. The number of carbonyl (C=O) groups excluding carboxylic acids is 2. The van der Waals surface area contributed by atoms with Crippen LogP contribution in [-0.2, 0) is 26.2 Å². The van der Waals surface area contributed by atoms with Crippen LogP contribution in [0.25, 0.3) is 0 Å². The van der Waals surface area contributed by atoms with Crippen LogP contribution in [0.5, 0.6) is 0 Å². The van der Waals surface area contributed by atoms with Crippen molar-refractivity contribution in [2.24, 2.45) is 0 Å². The number of sulfonamides is 1. The Hall–Kier alpha value is -2.58. The van der Waals surface area contributed by atoms with Crippen LogP contribution in [0.15, 0.2) is 42.5 Å². The number of hydrogen-bond donors (Lipinski definition) is 1. The zero-order valence-electron chi connectivity index (χ0n) is 19.8. The minimum absolute atomic E-state index is 0.0960. The average molecular weight is 494 g/mol. The highest BCUT2D eigenvalue weighted by molar-refractivity contribution is 7.92. The Labute approximate surface area is 201 Å². The summed E-state index contributed by atoms with van der Waals surface area (Å²) >= 11 is 6.08. The maximum atomic E-state index is 13.1. The Kier molecular flexibility index (Phi) is 9.31. The molecule has 0 radical (unpaired) electrons. The van der Waals surface area contributed by atoms with Gasteiger partial charge >= 0.3 is 0 Å². The molecular weight excluding hydrogens is 462 g/mol. The van der Waals surface area contributed by atoms with Crippen molar-refractivity contribution in [1.82, 2.24) is 10.2 Å². The number of nitrogens with one attached hydrogen (secondary N) is 1. The van der Waals surface area contributed by atoms with E-state index in [0.717, 1.165) is 22.9 Å². The van der Waals surface area contributed by atoms with Gasteiger partial charge in [-0.25, -0.2) is 8.42 Å². The monoisotopic (exact) mass is 493 g/mol. The molecule has 0 aromatic heterocycles. The van der Waals surface area contributed by atoms with E-state index >= 15 is 0 Å². The van der Waals surface area contributed by atoms with Crippen molar-refractivity contribution in [3.8, 4) is 0 Å². The number of hydrogen-bond acceptors (Lipinski definition) is 4. The van der Waals surface area contributed by atoms with Crippen LogP contribution in [-0.4, -0.2) is 51.0 Å². The zero-order chi connectivity index (χ0) is 24.8. The van der Waals surface area contributed by atoms with Gasteiger partial charge in [-0.3, -0.25) is 13.9 Å². The highest BCUT2D eigenvalue weighted by atomic mass is 35.5. The largest absolute Gasteiger partial charge is 0.357 e. The minimum Gasteiger partial charge on any atom is -0.357 e. The van der Waals surface area contributed by atoms with Crippen LogP contribution in [0, 0.1) is 13.8 Å². The predicted molar refractivity (Wildman–Crippen MR) is 133 cm³/mol. The molecule has 2 amide bonds. The van der Waals surface area contributed by atoms with Crippen LogP contribution in [0.2, 0.25) is 5.02 Å². The smallest absolute Gasteiger partial charge is 0.242 e. The quantitative estimate of drug-likeness (QED) is 0.547. The van der Waals surface area contributed by atoms with E-state index in [4.69, 9.17) is 11.6 Å². The number of halogens is 1. The molecule has 0 unspecified atom stereocenters. The molecule has 0 fully saturated rings. The third-order valence-electron chi connectivity index (χ3n) is 5.44. The van der Waals surface area contributed by atoms with Gasteiger partial charge in [-0.15, -0.1) is 0 Å². The molecule has 9 heteroatoms. The summed E-state index contributed by atoms with van der Waals surface area (Å²) < 4.78 is 26.3. The molecule has 180 valence electrons. The van der Waals surface area contributed by atoms with Crippen LogP contribution in [0.4, 0.5) is 5.69 Å². The van der Waals surface area contributed by atoms with E-state index in [1.165, 1.54) is 16.3 Å². The molecule has 1 N–H and O–H groups in total. The number of anilines is 1. The number of nitrogens with zero attached hydrogens (tertiary/aromatic N) is 2. The summed E-state index contributed by atoms with van der Waals surface area (Å²) in [5.41, 5.74) is 3.21. The normalized spacial score (nSPS) is 12.2. The van der Waals surface area contributed by atoms with Gasteiger partial charge < -0.3 is 10.2 Å². The molecule has 7 nitrogen and oxygen atoms in total. The first kappa shape index (κ1) is 26.7. The Morgan fingerprint density at radius 1 is 1.12 bits per heavy atom. The molecule has 33 heavy (non-hydrogen) atoms. The summed E-state index contributed by atoms with van der Waals surface area (Å²) in [6.45, 7) is 5.81. The lowest BCUT2D eigenvalue weighted by Crippen LogP contribution is -2.46. The first-order valence-corrected chi connectivity index (χ1v) is 13.0. The summed E-state index contributed by atoms with van der Waals surface area (Å²) in [5.74, 6) is -0.515. The van der Waals surface area contributed by atoms with Gasteiger partial charge in [0.15, 0.2) is 0 Å². The molecule has 0 saturated heterocycles. The number of likely N-dealkylation sites (N-methyl/N-ethyl adjacent to an activating group) is 1. The van der Waals surface area contributed by atoms with E-state index in [-0.39, 0.29) is 31.3 Å². The number of aryl methyl sites for hydroxylation is 2. The van der Waals surface area contributed by atoms with Gasteiger partial charge in [-0.1, -0.05) is 35.9 Å². The highest BCUT2D eigenvalue weighted by Crippen LogP contribution is 2.25. The maximum Gasteiger partial charge on any atom is 0.242 e. The predicted octanol–water partition coefficient (Wildman–Crippen LogP) is 3.67. The first-order chi connectivity index (χ1) is 15.4. The second-order valence-corrected chi connectivity index (χ2v) is 10.5. The number of amides is 2. The van der Waals surface area contributed by atoms with Crippen molar-refractivity contribution in [3.05, 3.63) is 64.2 Å². The van der Waals surface area contributed by atoms with Crippen molar-refractivity contribution in [2.75, 3.05) is 24.2 Å². The number of rotatable bonds is 10. The maximum absolute atomic E-state index is 13.1. The molecule has 0 bridgehead atoms. The summed E-state index contributed by atoms with van der Waals surface area (Å²) in [6, 6.07) is 12.1. The summed E-state index contributed by atoms with van der Waals surface area (Å²) in [5, 5.41) is 3.12. The van der Waals surface area contributed by atoms with Crippen molar-refractivity contribution in [1.29, 1.82) is 0 Å². The minimum atomic E-state index is -3.53. The number of benzene rings is 2. The van der Waals surface area contributed by atoms with Crippen molar-refractivity contribution in [3.63, 3.8) is 0 Å². The molecule has 0 heterocycles. The molecule has 2 rings (SSSR count). The number of carbonyl (C=O) groups is 2. The van der Waals surface area contributed by atoms with Crippen LogP contribution >= 0.6 is 11.6 Å². The first-order valence-electron chi connectivity index (χ1n) is 10.7. The van der Waals surface area contributed by atoms with Gasteiger partial charge in [0.05, 0.1) is 11.9 Å². The second-order valence-electron chi connectivity index (χ2n) is 8.17. The topological polar surface area (TPSA) is 86.8 Å². The molecule has 2 aromatic rings. The van der Waals surface area contributed by atoms with Gasteiger partial charge in [0, 0.05) is 31.6 Å². The Bertz CT molecular complexity index is 1100. The Balaban J connectivity index is 2.18. The van der Waals surface area contributed by atoms with Crippen molar-refractivity contribution < 1.29 is 18.0 Å².